The van der Waals surface area contributed by atoms with Gasteiger partial charge in [0.25, 0.3) is 0 Å². The maximum absolute atomic E-state index is 11.8. The fourth-order valence-corrected chi connectivity index (χ4v) is 3.01. The van der Waals surface area contributed by atoms with Crippen LogP contribution in [-0.2, 0) is 9.59 Å². The second kappa shape index (κ2) is 10.0. The van der Waals surface area contributed by atoms with E-state index in [1.807, 2.05) is 4.90 Å². The van der Waals surface area contributed by atoms with Gasteiger partial charge in [0.2, 0.25) is 11.8 Å². The molecule has 1 aliphatic carbocycles. The highest BCUT2D eigenvalue weighted by molar-refractivity contribution is 14.0. The Hall–Kier alpha value is -1.06. The molecule has 2 amide bonds. The molecule has 7 nitrogen and oxygen atoms in total. The lowest BCUT2D eigenvalue weighted by atomic mass is 10.2. The molecular formula is C16H30IN5O2. The number of guanidine groups is 1. The number of likely N-dealkylation sites (N-methyl/N-ethyl adjacent to an activating group) is 1. The molecule has 138 valence electrons. The first-order valence-corrected chi connectivity index (χ1v) is 8.49. The van der Waals surface area contributed by atoms with E-state index in [0.29, 0.717) is 19.1 Å². The number of carbonyl (C=O) groups excluding carboxylic acids is 2. The second-order valence-electron chi connectivity index (χ2n) is 6.55. The Labute approximate surface area is 161 Å². The van der Waals surface area contributed by atoms with E-state index >= 15 is 0 Å². The molecule has 2 fully saturated rings. The summed E-state index contributed by atoms with van der Waals surface area (Å²) >= 11 is 0. The van der Waals surface area contributed by atoms with Crippen LogP contribution >= 0.6 is 24.0 Å². The first-order valence-electron chi connectivity index (χ1n) is 8.49. The van der Waals surface area contributed by atoms with Gasteiger partial charge in [-0.15, -0.1) is 24.0 Å². The van der Waals surface area contributed by atoms with E-state index in [0.717, 1.165) is 31.9 Å². The number of halogens is 1. The van der Waals surface area contributed by atoms with E-state index in [4.69, 9.17) is 0 Å². The van der Waals surface area contributed by atoms with Crippen molar-refractivity contribution >= 4 is 41.8 Å². The Morgan fingerprint density at radius 2 is 1.62 bits per heavy atom. The molecule has 0 aromatic heterocycles. The first-order chi connectivity index (χ1) is 11.0. The maximum Gasteiger partial charge on any atom is 0.243 e. The largest absolute Gasteiger partial charge is 0.353 e. The van der Waals surface area contributed by atoms with Crippen molar-refractivity contribution in [2.24, 2.45) is 4.99 Å². The van der Waals surface area contributed by atoms with Crippen molar-refractivity contribution in [3.63, 3.8) is 0 Å². The van der Waals surface area contributed by atoms with Gasteiger partial charge >= 0.3 is 0 Å². The van der Waals surface area contributed by atoms with E-state index in [2.05, 4.69) is 15.2 Å². The van der Waals surface area contributed by atoms with Crippen LogP contribution in [-0.4, -0.2) is 85.3 Å². The van der Waals surface area contributed by atoms with Crippen LogP contribution in [0.15, 0.2) is 4.99 Å². The van der Waals surface area contributed by atoms with Gasteiger partial charge in [-0.1, -0.05) is 12.8 Å². The van der Waals surface area contributed by atoms with Crippen LogP contribution in [0.1, 0.15) is 32.6 Å². The lowest BCUT2D eigenvalue weighted by Crippen LogP contribution is -2.54. The molecule has 0 bridgehead atoms. The lowest BCUT2D eigenvalue weighted by molar-refractivity contribution is -0.130. The standard InChI is InChI=1S/C16H29N5O2.HI/c1-13(22)20-8-10-21(11-9-20)16(17-12-15(23)19(2)3)18-14-6-4-5-7-14;/h14H,4-12H2,1-3H3,(H,17,18);1H. The van der Waals surface area contributed by atoms with Crippen molar-refractivity contribution in [2.45, 2.75) is 38.6 Å². The van der Waals surface area contributed by atoms with Crippen molar-refractivity contribution in [1.82, 2.24) is 20.0 Å². The average Bonchev–Trinajstić information content (AvgIpc) is 3.04. The Bertz CT molecular complexity index is 455. The Morgan fingerprint density at radius 1 is 1.08 bits per heavy atom. The Kier molecular flexibility index (Phi) is 8.79. The number of amides is 2. The van der Waals surface area contributed by atoms with Gasteiger partial charge in [0.05, 0.1) is 0 Å². The number of nitrogens with one attached hydrogen (secondary N) is 1. The van der Waals surface area contributed by atoms with Crippen LogP contribution in [0.4, 0.5) is 0 Å². The second-order valence-corrected chi connectivity index (χ2v) is 6.55. The lowest BCUT2D eigenvalue weighted by Gasteiger charge is -2.37. The molecule has 0 aromatic rings. The minimum absolute atomic E-state index is 0. The molecule has 1 heterocycles. The topological polar surface area (TPSA) is 68.2 Å². The summed E-state index contributed by atoms with van der Waals surface area (Å²) < 4.78 is 0. The fourth-order valence-electron chi connectivity index (χ4n) is 3.01. The van der Waals surface area contributed by atoms with Gasteiger partial charge < -0.3 is 20.0 Å². The Balaban J connectivity index is 0.00000288. The number of aliphatic imine (C=N–C) groups is 1. The summed E-state index contributed by atoms with van der Waals surface area (Å²) in [4.78, 5) is 33.4. The molecule has 0 atom stereocenters. The molecule has 0 radical (unpaired) electrons. The average molecular weight is 451 g/mol. The minimum Gasteiger partial charge on any atom is -0.353 e. The molecule has 1 saturated heterocycles. The van der Waals surface area contributed by atoms with E-state index in [1.54, 1.807) is 25.9 Å². The van der Waals surface area contributed by atoms with Gasteiger partial charge in [-0.3, -0.25) is 9.59 Å². The van der Waals surface area contributed by atoms with Crippen LogP contribution in [0.2, 0.25) is 0 Å². The van der Waals surface area contributed by atoms with Crippen LogP contribution in [0.5, 0.6) is 0 Å². The quantitative estimate of drug-likeness (QED) is 0.391. The summed E-state index contributed by atoms with van der Waals surface area (Å²) in [5.41, 5.74) is 0. The highest BCUT2D eigenvalue weighted by Gasteiger charge is 2.24. The summed E-state index contributed by atoms with van der Waals surface area (Å²) in [7, 11) is 3.49. The van der Waals surface area contributed by atoms with Crippen molar-refractivity contribution in [1.29, 1.82) is 0 Å². The van der Waals surface area contributed by atoms with Crippen molar-refractivity contribution in [2.75, 3.05) is 46.8 Å². The minimum atomic E-state index is -0.00176. The summed E-state index contributed by atoms with van der Waals surface area (Å²) in [6, 6.07) is 0.453. The van der Waals surface area contributed by atoms with Gasteiger partial charge in [0, 0.05) is 53.2 Å². The number of nitrogens with zero attached hydrogens (tertiary/aromatic N) is 4. The van der Waals surface area contributed by atoms with Gasteiger partial charge in [-0.05, 0) is 12.8 Å². The molecule has 0 aromatic carbocycles. The van der Waals surface area contributed by atoms with Crippen LogP contribution in [0.3, 0.4) is 0 Å². The highest BCUT2D eigenvalue weighted by atomic mass is 127. The summed E-state index contributed by atoms with van der Waals surface area (Å²) in [5, 5.41) is 3.53. The third-order valence-corrected chi connectivity index (χ3v) is 4.58. The number of hydrogen-bond acceptors (Lipinski definition) is 3. The third kappa shape index (κ3) is 6.10. The molecule has 2 rings (SSSR count). The van der Waals surface area contributed by atoms with Crippen LogP contribution in [0.25, 0.3) is 0 Å². The third-order valence-electron chi connectivity index (χ3n) is 4.58. The zero-order valence-electron chi connectivity index (χ0n) is 15.0. The molecule has 2 aliphatic rings. The normalized spacial score (nSPS) is 19.0. The predicted molar refractivity (Wildman–Crippen MR) is 106 cm³/mol. The summed E-state index contributed by atoms with van der Waals surface area (Å²) in [6.45, 7) is 4.71. The van der Waals surface area contributed by atoms with Gasteiger partial charge in [0.1, 0.15) is 6.54 Å². The van der Waals surface area contributed by atoms with Crippen molar-refractivity contribution < 1.29 is 9.59 Å². The van der Waals surface area contributed by atoms with Crippen LogP contribution in [0, 0.1) is 0 Å². The summed E-state index contributed by atoms with van der Waals surface area (Å²) in [5.74, 6) is 0.933. The van der Waals surface area contributed by atoms with Gasteiger partial charge in [0.15, 0.2) is 5.96 Å². The SMILES string of the molecule is CC(=O)N1CCN(C(=NCC(=O)N(C)C)NC2CCCC2)CC1.I. The maximum atomic E-state index is 11.8. The smallest absolute Gasteiger partial charge is 0.243 e. The molecule has 0 unspecified atom stereocenters. The summed E-state index contributed by atoms with van der Waals surface area (Å²) in [6.07, 6.45) is 4.82. The van der Waals surface area contributed by atoms with E-state index in [-0.39, 0.29) is 42.3 Å². The number of piperazine rings is 1. The van der Waals surface area contributed by atoms with Gasteiger partial charge in [-0.25, -0.2) is 4.99 Å². The highest BCUT2D eigenvalue weighted by Crippen LogP contribution is 2.18. The molecule has 1 aliphatic heterocycles. The molecule has 24 heavy (non-hydrogen) atoms. The number of carbonyl (C=O) groups is 2. The molecule has 8 heteroatoms. The van der Waals surface area contributed by atoms with E-state index < -0.39 is 0 Å². The van der Waals surface area contributed by atoms with Crippen LogP contribution < -0.4 is 5.32 Å². The van der Waals surface area contributed by atoms with Gasteiger partial charge in [-0.2, -0.15) is 0 Å². The fraction of sp³-hybridized carbons (Fsp3) is 0.812. The van der Waals surface area contributed by atoms with E-state index in [1.165, 1.54) is 12.8 Å². The monoisotopic (exact) mass is 451 g/mol. The Morgan fingerprint density at radius 3 is 2.12 bits per heavy atom. The van der Waals surface area contributed by atoms with E-state index in [9.17, 15) is 9.59 Å². The first kappa shape index (κ1) is 21.0. The molecular weight excluding hydrogens is 421 g/mol. The predicted octanol–water partition coefficient (Wildman–Crippen LogP) is 0.745. The number of rotatable bonds is 3. The molecule has 0 spiro atoms. The zero-order valence-corrected chi connectivity index (χ0v) is 17.3. The zero-order chi connectivity index (χ0) is 16.8. The molecule has 1 N–H and O–H groups in total. The molecule has 1 saturated carbocycles. The van der Waals surface area contributed by atoms with Crippen molar-refractivity contribution in [3.8, 4) is 0 Å². The van der Waals surface area contributed by atoms with Crippen molar-refractivity contribution in [3.05, 3.63) is 0 Å². The number of hydrogen-bond donors (Lipinski definition) is 1.